The molecule has 1 N–H and O–H groups in total. The van der Waals surface area contributed by atoms with Crippen LogP contribution < -0.4 is 4.74 Å². The Hall–Kier alpha value is -3.62. The van der Waals surface area contributed by atoms with Crippen molar-refractivity contribution in [3.8, 4) is 17.1 Å². The largest absolute Gasteiger partial charge is 0.493 e. The van der Waals surface area contributed by atoms with E-state index in [-0.39, 0.29) is 18.5 Å². The molecular weight excluding hydrogens is 484 g/mol. The Kier molecular flexibility index (Phi) is 9.33. The Morgan fingerprint density at radius 3 is 2.53 bits per heavy atom. The Bertz CT molecular complexity index is 1230. The minimum Gasteiger partial charge on any atom is -0.493 e. The molecular formula is C30H36N2O6. The molecule has 8 heteroatoms. The highest BCUT2D eigenvalue weighted by molar-refractivity contribution is 5.97. The Balaban J connectivity index is 1.53. The van der Waals surface area contributed by atoms with Gasteiger partial charge in [0.2, 0.25) is 0 Å². The summed E-state index contributed by atoms with van der Waals surface area (Å²) in [6.45, 7) is 1.58. The molecule has 0 atom stereocenters. The van der Waals surface area contributed by atoms with Crippen LogP contribution in [0.15, 0.2) is 71.3 Å². The van der Waals surface area contributed by atoms with Crippen LogP contribution in [0.4, 0.5) is 0 Å². The van der Waals surface area contributed by atoms with Gasteiger partial charge in [0.1, 0.15) is 11.5 Å². The minimum atomic E-state index is -2.10. The number of carbonyl (C=O) groups excluding carboxylic acids is 1. The second kappa shape index (κ2) is 14.4. The maximum Gasteiger partial charge on any atom is 0.303 e. The summed E-state index contributed by atoms with van der Waals surface area (Å²) in [7, 11) is 0. The Labute approximate surface area is 226 Å². The summed E-state index contributed by atoms with van der Waals surface area (Å²) in [5.74, 6) is -0.221. The molecule has 0 aliphatic carbocycles. The summed E-state index contributed by atoms with van der Waals surface area (Å²) >= 11 is 0. The molecule has 2 aromatic carbocycles. The molecule has 0 bridgehead atoms. The van der Waals surface area contributed by atoms with Gasteiger partial charge in [0.05, 0.1) is 34.4 Å². The fourth-order valence-electron chi connectivity index (χ4n) is 4.23. The number of amides is 1. The Morgan fingerprint density at radius 1 is 1.00 bits per heavy atom. The number of nitrogens with zero attached hydrogens (tertiary/aromatic N) is 2. The summed E-state index contributed by atoms with van der Waals surface area (Å²) in [6, 6.07) is 17.5. The first kappa shape index (κ1) is 24.7. The lowest BCUT2D eigenvalue weighted by Gasteiger charge is -2.30. The molecule has 1 fully saturated rings. The van der Waals surface area contributed by atoms with Crippen LogP contribution in [0.3, 0.4) is 0 Å². The Morgan fingerprint density at radius 2 is 1.79 bits per heavy atom. The van der Waals surface area contributed by atoms with Gasteiger partial charge in [0, 0.05) is 44.7 Å². The fraction of sp³-hybridized carbons (Fsp3) is 0.400. The monoisotopic (exact) mass is 522 g/mol. The van der Waals surface area contributed by atoms with E-state index in [1.807, 2.05) is 6.07 Å². The number of benzene rings is 2. The van der Waals surface area contributed by atoms with Gasteiger partial charge in [-0.25, -0.2) is 0 Å². The third-order valence-corrected chi connectivity index (χ3v) is 6.35. The third kappa shape index (κ3) is 8.19. The van der Waals surface area contributed by atoms with Gasteiger partial charge in [-0.15, -0.1) is 0 Å². The molecule has 4 rings (SSSR count). The number of carboxylic acid groups (broad SMARTS) is 1. The van der Waals surface area contributed by atoms with Crippen molar-refractivity contribution < 1.29 is 31.3 Å². The molecule has 0 saturated carbocycles. The molecule has 2 heterocycles. The predicted octanol–water partition coefficient (Wildman–Crippen LogP) is 4.95. The number of para-hydroxylation sites is 1. The number of unbranched alkanes of at least 4 members (excludes halogenated alkanes) is 2. The maximum atomic E-state index is 14.0. The smallest absolute Gasteiger partial charge is 0.303 e. The van der Waals surface area contributed by atoms with E-state index in [4.69, 9.17) is 21.7 Å². The van der Waals surface area contributed by atoms with Crippen LogP contribution in [0.25, 0.3) is 11.3 Å². The molecule has 0 unspecified atom stereocenters. The minimum absolute atomic E-state index is 0.116. The first-order valence-corrected chi connectivity index (χ1v) is 13.1. The van der Waals surface area contributed by atoms with Crippen molar-refractivity contribution in [2.45, 2.75) is 32.2 Å². The van der Waals surface area contributed by atoms with Gasteiger partial charge in [0.25, 0.3) is 5.91 Å². The van der Waals surface area contributed by atoms with Crippen molar-refractivity contribution in [2.75, 3.05) is 46.0 Å². The number of hydrogen-bond donors (Lipinski definition) is 1. The van der Waals surface area contributed by atoms with E-state index >= 15 is 0 Å². The highest BCUT2D eigenvalue weighted by Gasteiger charge is 2.21. The van der Waals surface area contributed by atoms with E-state index in [9.17, 15) is 9.59 Å². The van der Waals surface area contributed by atoms with E-state index in [0.29, 0.717) is 62.7 Å². The van der Waals surface area contributed by atoms with E-state index in [0.717, 1.165) is 18.7 Å². The summed E-state index contributed by atoms with van der Waals surface area (Å²) < 4.78 is 35.0. The van der Waals surface area contributed by atoms with Crippen molar-refractivity contribution in [3.63, 3.8) is 0 Å². The summed E-state index contributed by atoms with van der Waals surface area (Å²) in [5.41, 5.74) is 1.46. The van der Waals surface area contributed by atoms with Gasteiger partial charge in [-0.05, 0) is 49.1 Å². The van der Waals surface area contributed by atoms with Gasteiger partial charge in [-0.1, -0.05) is 36.4 Å². The van der Waals surface area contributed by atoms with Crippen LogP contribution in [-0.2, 0) is 16.0 Å². The van der Waals surface area contributed by atoms with E-state index in [1.54, 1.807) is 60.9 Å². The average molecular weight is 523 g/mol. The number of carboxylic acids is 1. The second-order valence-electron chi connectivity index (χ2n) is 9.13. The highest BCUT2D eigenvalue weighted by Crippen LogP contribution is 2.24. The predicted molar refractivity (Wildman–Crippen MR) is 144 cm³/mol. The fourth-order valence-corrected chi connectivity index (χ4v) is 4.23. The molecule has 38 heavy (non-hydrogen) atoms. The molecule has 3 aromatic rings. The second-order valence-corrected chi connectivity index (χ2v) is 9.13. The van der Waals surface area contributed by atoms with E-state index < -0.39 is 18.4 Å². The van der Waals surface area contributed by atoms with Gasteiger partial charge in [-0.2, -0.15) is 0 Å². The van der Waals surface area contributed by atoms with Gasteiger partial charge in [0.15, 0.2) is 0 Å². The zero-order valence-electron chi connectivity index (χ0n) is 23.5. The number of morpholine rings is 1. The zero-order valence-corrected chi connectivity index (χ0v) is 21.5. The molecule has 1 saturated heterocycles. The van der Waals surface area contributed by atoms with Crippen LogP contribution >= 0.6 is 0 Å². The maximum absolute atomic E-state index is 14.0. The number of carbonyl (C=O) groups is 2. The molecule has 1 aliphatic heterocycles. The van der Waals surface area contributed by atoms with Crippen molar-refractivity contribution in [1.29, 1.82) is 0 Å². The number of aliphatic carboxylic acids is 1. The standard InChI is InChI=1S/C30H36N2O6/c33-29(34)10-2-1-5-19-38-28-8-4-3-7-26(28)30(35)32(16-15-31-17-21-36-22-18-31)23-24-11-13-25(14-12-24)27-9-6-20-37-27/h3-4,6-9,11-14,20H,1-2,5,10,15-19,21-23H2,(H,33,34)/i23D2. The van der Waals surface area contributed by atoms with Crippen molar-refractivity contribution in [3.05, 3.63) is 78.1 Å². The topological polar surface area (TPSA) is 92.5 Å². The van der Waals surface area contributed by atoms with Crippen LogP contribution in [0, 0.1) is 0 Å². The van der Waals surface area contributed by atoms with Gasteiger partial charge < -0.3 is 23.9 Å². The van der Waals surface area contributed by atoms with Gasteiger partial charge in [-0.3, -0.25) is 14.5 Å². The van der Waals surface area contributed by atoms with Crippen molar-refractivity contribution in [2.24, 2.45) is 0 Å². The van der Waals surface area contributed by atoms with E-state index in [1.165, 1.54) is 4.90 Å². The first-order chi connectivity index (χ1) is 19.4. The molecule has 202 valence electrons. The number of furan rings is 1. The molecule has 1 aromatic heterocycles. The first-order valence-electron chi connectivity index (χ1n) is 14.1. The number of ether oxygens (including phenoxy) is 2. The lowest BCUT2D eigenvalue weighted by Crippen LogP contribution is -2.43. The lowest BCUT2D eigenvalue weighted by molar-refractivity contribution is -0.137. The van der Waals surface area contributed by atoms with Crippen LogP contribution in [-0.4, -0.2) is 72.8 Å². The summed E-state index contributed by atoms with van der Waals surface area (Å²) in [4.78, 5) is 28.2. The molecule has 1 amide bonds. The molecule has 0 radical (unpaired) electrons. The third-order valence-electron chi connectivity index (χ3n) is 6.35. The van der Waals surface area contributed by atoms with Crippen molar-refractivity contribution >= 4 is 11.9 Å². The zero-order chi connectivity index (χ0) is 28.4. The quantitative estimate of drug-likeness (QED) is 0.300. The van der Waals surface area contributed by atoms with Crippen molar-refractivity contribution in [1.82, 2.24) is 9.80 Å². The average Bonchev–Trinajstić information content (AvgIpc) is 3.51. The van der Waals surface area contributed by atoms with E-state index in [2.05, 4.69) is 4.90 Å². The summed E-state index contributed by atoms with van der Waals surface area (Å²) in [6.07, 6.45) is 3.62. The van der Waals surface area contributed by atoms with Crippen LogP contribution in [0.2, 0.25) is 0 Å². The highest BCUT2D eigenvalue weighted by atomic mass is 16.5. The lowest BCUT2D eigenvalue weighted by atomic mass is 10.1. The van der Waals surface area contributed by atoms with Gasteiger partial charge >= 0.3 is 5.97 Å². The number of hydrogen-bond acceptors (Lipinski definition) is 6. The van der Waals surface area contributed by atoms with Crippen LogP contribution in [0.1, 0.15) is 44.3 Å². The normalized spacial score (nSPS) is 14.9. The molecule has 8 nitrogen and oxygen atoms in total. The summed E-state index contributed by atoms with van der Waals surface area (Å²) in [5, 5.41) is 8.81. The number of rotatable bonds is 14. The molecule has 0 spiro atoms. The van der Waals surface area contributed by atoms with Crippen LogP contribution in [0.5, 0.6) is 5.75 Å². The SMILES string of the molecule is [2H]C([2H])(c1ccc(-c2ccco2)cc1)N(CCN1CCOCC1)C(=O)c1ccccc1OCCCCCC(=O)O. The molecule has 1 aliphatic rings.